The molecule has 2 unspecified atom stereocenters. The second-order valence-corrected chi connectivity index (χ2v) is 4.66. The van der Waals surface area contributed by atoms with E-state index in [9.17, 15) is 0 Å². The maximum Gasteiger partial charge on any atom is 0.00264 e. The fourth-order valence-electron chi connectivity index (χ4n) is 2.53. The Morgan fingerprint density at radius 3 is 2.81 bits per heavy atom. The van der Waals surface area contributed by atoms with E-state index < -0.39 is 0 Å². The van der Waals surface area contributed by atoms with Gasteiger partial charge in [0.05, 0.1) is 0 Å². The molecule has 0 N–H and O–H groups in total. The summed E-state index contributed by atoms with van der Waals surface area (Å²) in [5.41, 5.74) is 3.07. The van der Waals surface area contributed by atoms with Crippen LogP contribution in [0.3, 0.4) is 0 Å². The van der Waals surface area contributed by atoms with E-state index >= 15 is 0 Å². The minimum absolute atomic E-state index is 0. The van der Waals surface area contributed by atoms with Gasteiger partial charge >= 0.3 is 0 Å². The van der Waals surface area contributed by atoms with Crippen molar-refractivity contribution in [2.24, 2.45) is 11.8 Å². The summed E-state index contributed by atoms with van der Waals surface area (Å²) >= 11 is 0. The zero-order valence-electron chi connectivity index (χ0n) is 9.74. The highest BCUT2D eigenvalue weighted by molar-refractivity contribution is 5.41. The smallest absolute Gasteiger partial charge is 0.00264 e. The molecule has 0 heteroatoms. The Morgan fingerprint density at radius 2 is 2.06 bits per heavy atom. The maximum absolute atomic E-state index is 2.36. The van der Waals surface area contributed by atoms with Crippen LogP contribution in [0.15, 0.2) is 47.6 Å². The molecule has 0 heterocycles. The Morgan fingerprint density at radius 1 is 1.25 bits per heavy atom. The Kier molecular flexibility index (Phi) is 4.79. The standard InChI is InChI=1S/C15H20.CH4/c1-3-13-9-6-7-12(2)11-14-8-4-5-10-15(13)14;/h4-6,8-10,12,14H,3,7,11H2,1-2H3;1H4/b9-6+,15-13-;. The van der Waals surface area contributed by atoms with Crippen molar-refractivity contribution in [3.63, 3.8) is 0 Å². The van der Waals surface area contributed by atoms with Crippen LogP contribution in [0, 0.1) is 11.8 Å². The van der Waals surface area contributed by atoms with Crippen molar-refractivity contribution < 1.29 is 0 Å². The minimum atomic E-state index is 0. The van der Waals surface area contributed by atoms with E-state index in [0.29, 0.717) is 5.92 Å². The molecule has 0 amide bonds. The van der Waals surface area contributed by atoms with Gasteiger partial charge in [0.25, 0.3) is 0 Å². The molecular weight excluding hydrogens is 192 g/mol. The van der Waals surface area contributed by atoms with Gasteiger partial charge in [0.1, 0.15) is 0 Å². The van der Waals surface area contributed by atoms with Gasteiger partial charge < -0.3 is 0 Å². The van der Waals surface area contributed by atoms with Crippen molar-refractivity contribution in [3.05, 3.63) is 47.6 Å². The summed E-state index contributed by atoms with van der Waals surface area (Å²) in [6.45, 7) is 4.60. The molecule has 0 aromatic carbocycles. The lowest BCUT2D eigenvalue weighted by Crippen LogP contribution is -2.11. The van der Waals surface area contributed by atoms with E-state index in [2.05, 4.69) is 50.3 Å². The minimum Gasteiger partial charge on any atom is -0.0840 e. The first-order valence-corrected chi connectivity index (χ1v) is 6.05. The molecule has 16 heavy (non-hydrogen) atoms. The highest BCUT2D eigenvalue weighted by Crippen LogP contribution is 2.32. The molecule has 2 atom stereocenters. The molecular formula is C16H24. The van der Waals surface area contributed by atoms with Crippen LogP contribution in [0.2, 0.25) is 0 Å². The number of allylic oxidation sites excluding steroid dienone is 8. The second-order valence-electron chi connectivity index (χ2n) is 4.66. The summed E-state index contributed by atoms with van der Waals surface area (Å²) in [5, 5.41) is 0. The van der Waals surface area contributed by atoms with Gasteiger partial charge in [0, 0.05) is 5.92 Å². The molecule has 0 bridgehead atoms. The van der Waals surface area contributed by atoms with Gasteiger partial charge in [-0.2, -0.15) is 0 Å². The fourth-order valence-corrected chi connectivity index (χ4v) is 2.53. The maximum atomic E-state index is 2.36. The third-order valence-electron chi connectivity index (χ3n) is 3.40. The second kappa shape index (κ2) is 5.89. The molecule has 88 valence electrons. The molecule has 0 nitrogen and oxygen atoms in total. The largest absolute Gasteiger partial charge is 0.0840 e. The summed E-state index contributed by atoms with van der Waals surface area (Å²) in [6, 6.07) is 0. The topological polar surface area (TPSA) is 0 Å². The van der Waals surface area contributed by atoms with E-state index in [0.717, 1.165) is 12.3 Å². The average molecular weight is 216 g/mol. The molecule has 2 rings (SSSR count). The Bertz CT molecular complexity index is 339. The van der Waals surface area contributed by atoms with Gasteiger partial charge in [-0.15, -0.1) is 0 Å². The van der Waals surface area contributed by atoms with E-state index in [1.54, 1.807) is 5.57 Å². The molecule has 2 aliphatic rings. The van der Waals surface area contributed by atoms with Crippen molar-refractivity contribution >= 4 is 0 Å². The highest BCUT2D eigenvalue weighted by atomic mass is 14.2. The lowest BCUT2D eigenvalue weighted by Gasteiger charge is -2.24. The predicted octanol–water partition coefficient (Wildman–Crippen LogP) is 5.06. The average Bonchev–Trinajstić information content (AvgIpc) is 2.23. The van der Waals surface area contributed by atoms with Gasteiger partial charge in [0.2, 0.25) is 0 Å². The van der Waals surface area contributed by atoms with Gasteiger partial charge in [-0.1, -0.05) is 57.7 Å². The first-order valence-electron chi connectivity index (χ1n) is 6.05. The lowest BCUT2D eigenvalue weighted by atomic mass is 9.81. The molecule has 2 aliphatic carbocycles. The van der Waals surface area contributed by atoms with Crippen LogP contribution < -0.4 is 0 Å². The third-order valence-corrected chi connectivity index (χ3v) is 3.40. The predicted molar refractivity (Wildman–Crippen MR) is 73.4 cm³/mol. The van der Waals surface area contributed by atoms with Gasteiger partial charge in [0.15, 0.2) is 0 Å². The highest BCUT2D eigenvalue weighted by Gasteiger charge is 2.18. The van der Waals surface area contributed by atoms with Gasteiger partial charge in [-0.3, -0.25) is 0 Å². The summed E-state index contributed by atoms with van der Waals surface area (Å²) in [4.78, 5) is 0. The molecule has 0 saturated heterocycles. The molecule has 0 spiro atoms. The Balaban J connectivity index is 0.00000128. The molecule has 0 aromatic rings. The Hall–Kier alpha value is -1.04. The first kappa shape index (κ1) is 13.0. The van der Waals surface area contributed by atoms with E-state index in [4.69, 9.17) is 0 Å². The molecule has 0 saturated carbocycles. The van der Waals surface area contributed by atoms with Crippen LogP contribution in [-0.2, 0) is 0 Å². The van der Waals surface area contributed by atoms with Crippen LogP contribution in [-0.4, -0.2) is 0 Å². The van der Waals surface area contributed by atoms with E-state index in [1.807, 2.05) is 0 Å². The van der Waals surface area contributed by atoms with Crippen LogP contribution in [0.25, 0.3) is 0 Å². The first-order chi connectivity index (χ1) is 7.31. The molecule has 0 aromatic heterocycles. The number of fused-ring (bicyclic) bond motifs is 1. The summed E-state index contributed by atoms with van der Waals surface area (Å²) in [5.74, 6) is 1.46. The Labute approximate surface area is 100 Å². The molecule has 0 radical (unpaired) electrons. The zero-order valence-corrected chi connectivity index (χ0v) is 9.74. The van der Waals surface area contributed by atoms with Gasteiger partial charge in [-0.25, -0.2) is 0 Å². The summed E-state index contributed by atoms with van der Waals surface area (Å²) in [7, 11) is 0. The van der Waals surface area contributed by atoms with Crippen LogP contribution >= 0.6 is 0 Å². The lowest BCUT2D eigenvalue weighted by molar-refractivity contribution is 0.482. The number of rotatable bonds is 1. The summed E-state index contributed by atoms with van der Waals surface area (Å²) < 4.78 is 0. The van der Waals surface area contributed by atoms with Crippen molar-refractivity contribution in [2.75, 3.05) is 0 Å². The number of hydrogen-bond donors (Lipinski definition) is 0. The molecule has 0 fully saturated rings. The van der Waals surface area contributed by atoms with Crippen molar-refractivity contribution in [1.82, 2.24) is 0 Å². The van der Waals surface area contributed by atoms with Gasteiger partial charge in [-0.05, 0) is 36.3 Å². The fraction of sp³-hybridized carbons (Fsp3) is 0.500. The monoisotopic (exact) mass is 216 g/mol. The van der Waals surface area contributed by atoms with Crippen LogP contribution in [0.5, 0.6) is 0 Å². The van der Waals surface area contributed by atoms with E-state index in [1.165, 1.54) is 18.4 Å². The zero-order chi connectivity index (χ0) is 10.7. The van der Waals surface area contributed by atoms with Crippen molar-refractivity contribution in [3.8, 4) is 0 Å². The van der Waals surface area contributed by atoms with Crippen molar-refractivity contribution in [2.45, 2.75) is 40.5 Å². The molecule has 0 aliphatic heterocycles. The summed E-state index contributed by atoms with van der Waals surface area (Å²) in [6.07, 6.45) is 17.4. The SMILES string of the molecule is C.CCC1=C2\C=CC=CC2CC(C)C\C=C\1. The third kappa shape index (κ3) is 2.75. The quantitative estimate of drug-likeness (QED) is 0.575. The van der Waals surface area contributed by atoms with Crippen molar-refractivity contribution in [1.29, 1.82) is 0 Å². The van der Waals surface area contributed by atoms with Crippen LogP contribution in [0.1, 0.15) is 40.5 Å². The normalized spacial score (nSPS) is 34.6. The van der Waals surface area contributed by atoms with E-state index in [-0.39, 0.29) is 7.43 Å². The number of hydrogen-bond acceptors (Lipinski definition) is 0. The van der Waals surface area contributed by atoms with Crippen LogP contribution in [0.4, 0.5) is 0 Å².